The van der Waals surface area contributed by atoms with Gasteiger partial charge >= 0.3 is 6.18 Å². The summed E-state index contributed by atoms with van der Waals surface area (Å²) in [7, 11) is 1.87. The third-order valence-electron chi connectivity index (χ3n) is 5.10. The van der Waals surface area contributed by atoms with Crippen LogP contribution in [0.5, 0.6) is 0 Å². The van der Waals surface area contributed by atoms with Crippen LogP contribution in [-0.4, -0.2) is 58.1 Å². The van der Waals surface area contributed by atoms with Gasteiger partial charge in [0.1, 0.15) is 24.2 Å². The molecule has 9 heteroatoms. The van der Waals surface area contributed by atoms with Gasteiger partial charge in [-0.3, -0.25) is 4.79 Å². The number of alkyl halides is 3. The van der Waals surface area contributed by atoms with E-state index in [-0.39, 0.29) is 18.5 Å². The number of aryl methyl sites for hydroxylation is 1. The van der Waals surface area contributed by atoms with Gasteiger partial charge in [-0.05, 0) is 24.8 Å². The maximum absolute atomic E-state index is 12.6. The Kier molecular flexibility index (Phi) is 4.81. The van der Waals surface area contributed by atoms with Gasteiger partial charge in [-0.25, -0.2) is 9.97 Å². The second-order valence-electron chi connectivity index (χ2n) is 6.97. The number of hydrogen-bond acceptors (Lipinski definition) is 4. The number of likely N-dealkylation sites (tertiary alicyclic amines) is 1. The minimum absolute atomic E-state index is 0.117. The molecule has 1 aliphatic heterocycles. The average Bonchev–Trinajstić information content (AvgIpc) is 2.94. The number of halogens is 3. The molecular formula is C17H22F3N5O. The molecule has 1 N–H and O–H groups in total. The Morgan fingerprint density at radius 2 is 2.15 bits per heavy atom. The number of piperidine rings is 1. The van der Waals surface area contributed by atoms with E-state index in [1.54, 1.807) is 0 Å². The van der Waals surface area contributed by atoms with Crippen LogP contribution in [0.15, 0.2) is 12.5 Å². The van der Waals surface area contributed by atoms with Crippen LogP contribution in [0.1, 0.15) is 25.3 Å². The van der Waals surface area contributed by atoms with Gasteiger partial charge in [0.15, 0.2) is 0 Å². The second kappa shape index (κ2) is 6.77. The SMILES string of the molecule is Cc1c[nH]c2ncnc(N(C)C3CN(C(=O)CC(F)(F)F)CCC3C)c12. The molecule has 2 unspecified atom stereocenters. The van der Waals surface area contributed by atoms with E-state index in [9.17, 15) is 18.0 Å². The van der Waals surface area contributed by atoms with Gasteiger partial charge in [0.25, 0.3) is 0 Å². The van der Waals surface area contributed by atoms with Crippen LogP contribution in [0, 0.1) is 12.8 Å². The molecule has 0 bridgehead atoms. The molecule has 0 spiro atoms. The minimum atomic E-state index is -4.48. The Balaban J connectivity index is 1.84. The number of nitrogens with zero attached hydrogens (tertiary/aromatic N) is 4. The molecule has 3 rings (SSSR count). The lowest BCUT2D eigenvalue weighted by molar-refractivity contribution is -0.162. The van der Waals surface area contributed by atoms with Crippen molar-refractivity contribution in [2.75, 3.05) is 25.0 Å². The Morgan fingerprint density at radius 3 is 2.85 bits per heavy atom. The van der Waals surface area contributed by atoms with Gasteiger partial charge in [0, 0.05) is 26.3 Å². The highest BCUT2D eigenvalue weighted by molar-refractivity contribution is 5.90. The summed E-state index contributed by atoms with van der Waals surface area (Å²) in [6.45, 7) is 4.60. The summed E-state index contributed by atoms with van der Waals surface area (Å²) in [4.78, 5) is 27.0. The van der Waals surface area contributed by atoms with Crippen molar-refractivity contribution in [2.24, 2.45) is 5.92 Å². The molecule has 0 aromatic carbocycles. The number of carbonyl (C=O) groups is 1. The fourth-order valence-corrected chi connectivity index (χ4v) is 3.58. The lowest BCUT2D eigenvalue weighted by Crippen LogP contribution is -2.53. The van der Waals surface area contributed by atoms with E-state index in [4.69, 9.17) is 0 Å². The molecule has 0 radical (unpaired) electrons. The zero-order valence-electron chi connectivity index (χ0n) is 15.0. The number of H-pyrrole nitrogens is 1. The van der Waals surface area contributed by atoms with Gasteiger partial charge in [0.2, 0.25) is 5.91 Å². The van der Waals surface area contributed by atoms with E-state index in [1.165, 1.54) is 11.2 Å². The summed E-state index contributed by atoms with van der Waals surface area (Å²) >= 11 is 0. The normalized spacial score (nSPS) is 21.2. The molecule has 1 fully saturated rings. The van der Waals surface area contributed by atoms with Crippen molar-refractivity contribution < 1.29 is 18.0 Å². The molecule has 1 amide bonds. The van der Waals surface area contributed by atoms with Crippen molar-refractivity contribution in [1.29, 1.82) is 0 Å². The molecule has 0 saturated carbocycles. The third kappa shape index (κ3) is 3.61. The largest absolute Gasteiger partial charge is 0.397 e. The number of carbonyl (C=O) groups excluding carboxylic acids is 1. The number of aromatic amines is 1. The van der Waals surface area contributed by atoms with Crippen LogP contribution in [0.4, 0.5) is 19.0 Å². The average molecular weight is 369 g/mol. The molecule has 0 aliphatic carbocycles. The fourth-order valence-electron chi connectivity index (χ4n) is 3.58. The fraction of sp³-hybridized carbons (Fsp3) is 0.588. The number of amides is 1. The highest BCUT2D eigenvalue weighted by Crippen LogP contribution is 2.31. The molecule has 2 atom stereocenters. The number of nitrogens with one attached hydrogen (secondary N) is 1. The first-order chi connectivity index (χ1) is 12.2. The maximum Gasteiger partial charge on any atom is 0.397 e. The van der Waals surface area contributed by atoms with Crippen molar-refractivity contribution in [3.8, 4) is 0 Å². The summed E-state index contributed by atoms with van der Waals surface area (Å²) in [5, 5.41) is 0.890. The summed E-state index contributed by atoms with van der Waals surface area (Å²) in [6, 6.07) is -0.117. The van der Waals surface area contributed by atoms with Crippen molar-refractivity contribution in [2.45, 2.75) is 38.9 Å². The van der Waals surface area contributed by atoms with Crippen LogP contribution in [0.2, 0.25) is 0 Å². The van der Waals surface area contributed by atoms with E-state index in [1.807, 2.05) is 25.1 Å². The zero-order chi connectivity index (χ0) is 19.1. The standard InChI is InChI=1S/C17H22F3N5O/c1-10-4-5-25(13(26)6-17(18,19)20)8-12(10)24(3)16-14-11(2)7-21-15(14)22-9-23-16/h7,9-10,12H,4-6,8H2,1-3H3,(H,21,22,23). The third-order valence-corrected chi connectivity index (χ3v) is 5.10. The number of fused-ring (bicyclic) bond motifs is 1. The molecule has 3 heterocycles. The summed E-state index contributed by atoms with van der Waals surface area (Å²) in [5.74, 6) is 0.0726. The molecule has 2 aromatic rings. The molecule has 1 aliphatic rings. The van der Waals surface area contributed by atoms with Crippen molar-refractivity contribution in [3.63, 3.8) is 0 Å². The number of hydrogen-bond donors (Lipinski definition) is 1. The molecular weight excluding hydrogens is 347 g/mol. The van der Waals surface area contributed by atoms with Crippen molar-refractivity contribution >= 4 is 22.8 Å². The highest BCUT2D eigenvalue weighted by atomic mass is 19.4. The van der Waals surface area contributed by atoms with Crippen molar-refractivity contribution in [1.82, 2.24) is 19.9 Å². The van der Waals surface area contributed by atoms with E-state index in [0.29, 0.717) is 18.6 Å². The molecule has 142 valence electrons. The Bertz CT molecular complexity index is 803. The Morgan fingerprint density at radius 1 is 1.42 bits per heavy atom. The van der Waals surface area contributed by atoms with E-state index < -0.39 is 18.5 Å². The smallest absolute Gasteiger partial charge is 0.354 e. The molecule has 2 aromatic heterocycles. The first kappa shape index (κ1) is 18.5. The van der Waals surface area contributed by atoms with E-state index in [0.717, 1.165) is 16.8 Å². The van der Waals surface area contributed by atoms with Gasteiger partial charge in [-0.2, -0.15) is 13.2 Å². The number of likely N-dealkylation sites (N-methyl/N-ethyl adjacent to an activating group) is 1. The van der Waals surface area contributed by atoms with Gasteiger partial charge in [-0.1, -0.05) is 6.92 Å². The Labute approximate surface area is 149 Å². The van der Waals surface area contributed by atoms with Crippen molar-refractivity contribution in [3.05, 3.63) is 18.1 Å². The van der Waals surface area contributed by atoms with Gasteiger partial charge in [-0.15, -0.1) is 0 Å². The summed E-state index contributed by atoms with van der Waals surface area (Å²) in [5.41, 5.74) is 1.71. The topological polar surface area (TPSA) is 65.1 Å². The minimum Gasteiger partial charge on any atom is -0.354 e. The molecule has 26 heavy (non-hydrogen) atoms. The lowest BCUT2D eigenvalue weighted by atomic mass is 9.92. The van der Waals surface area contributed by atoms with Crippen LogP contribution in [0.3, 0.4) is 0 Å². The quantitative estimate of drug-likeness (QED) is 0.904. The Hall–Kier alpha value is -2.32. The first-order valence-electron chi connectivity index (χ1n) is 8.53. The number of aromatic nitrogens is 3. The van der Waals surface area contributed by atoms with Gasteiger partial charge < -0.3 is 14.8 Å². The summed E-state index contributed by atoms with van der Waals surface area (Å²) in [6.07, 6.45) is -1.93. The van der Waals surface area contributed by atoms with Crippen LogP contribution < -0.4 is 4.90 Å². The van der Waals surface area contributed by atoms with Crippen LogP contribution in [-0.2, 0) is 4.79 Å². The van der Waals surface area contributed by atoms with E-state index in [2.05, 4.69) is 21.9 Å². The number of rotatable bonds is 3. The monoisotopic (exact) mass is 369 g/mol. The van der Waals surface area contributed by atoms with Gasteiger partial charge in [0.05, 0.1) is 11.4 Å². The molecule has 6 nitrogen and oxygen atoms in total. The predicted octanol–water partition coefficient (Wildman–Crippen LogP) is 2.89. The first-order valence-corrected chi connectivity index (χ1v) is 8.53. The van der Waals surface area contributed by atoms with E-state index >= 15 is 0 Å². The van der Waals surface area contributed by atoms with Crippen LogP contribution in [0.25, 0.3) is 11.0 Å². The lowest BCUT2D eigenvalue weighted by Gasteiger charge is -2.42. The number of anilines is 1. The zero-order valence-corrected chi connectivity index (χ0v) is 15.0. The second-order valence-corrected chi connectivity index (χ2v) is 6.97. The predicted molar refractivity (Wildman–Crippen MR) is 91.8 cm³/mol. The summed E-state index contributed by atoms with van der Waals surface area (Å²) < 4.78 is 37.7. The molecule has 1 saturated heterocycles. The highest BCUT2D eigenvalue weighted by Gasteiger charge is 2.37. The van der Waals surface area contributed by atoms with Crippen LogP contribution >= 0.6 is 0 Å². The maximum atomic E-state index is 12.6.